The number of alkyl halides is 3. The average molecular weight is 268 g/mol. The van der Waals surface area contributed by atoms with E-state index in [1.165, 1.54) is 7.05 Å². The quantitative estimate of drug-likeness (QED) is 0.741. The van der Waals surface area contributed by atoms with Crippen molar-refractivity contribution in [1.82, 2.24) is 5.32 Å². The standard InChI is InChI=1S/C10H13F3N2OS/c1-5(10(11,12)13)7-4-3-6-8(16-7)17-9(14-2)15-6/h6-8H,1,3-4H2,2H3,(H,14,15)/t6-,7-,8-/m1/s1/i3D,4D/t3-,4+,6+,7+,8+/m0. The molecule has 0 spiro atoms. The highest BCUT2D eigenvalue weighted by atomic mass is 32.2. The Kier molecular flexibility index (Phi) is 2.73. The highest BCUT2D eigenvalue weighted by molar-refractivity contribution is 8.14. The predicted molar refractivity (Wildman–Crippen MR) is 61.0 cm³/mol. The lowest BCUT2D eigenvalue weighted by atomic mass is 9.99. The lowest BCUT2D eigenvalue weighted by molar-refractivity contribution is -0.118. The van der Waals surface area contributed by atoms with Crippen LogP contribution in [0.15, 0.2) is 17.1 Å². The summed E-state index contributed by atoms with van der Waals surface area (Å²) in [5, 5.41) is 3.40. The normalized spacial score (nSPS) is 45.9. The number of ether oxygens (including phenoxy) is 1. The molecule has 0 amide bonds. The zero-order chi connectivity index (χ0) is 14.4. The van der Waals surface area contributed by atoms with Crippen molar-refractivity contribution in [3.8, 4) is 0 Å². The summed E-state index contributed by atoms with van der Waals surface area (Å²) < 4.78 is 58.9. The summed E-state index contributed by atoms with van der Waals surface area (Å²) in [6, 6.07) is -0.525. The monoisotopic (exact) mass is 268 g/mol. The molecular formula is C10H13F3N2OS. The molecule has 3 nitrogen and oxygen atoms in total. The molecule has 0 unspecified atom stereocenters. The summed E-state index contributed by atoms with van der Waals surface area (Å²) >= 11 is 1.14. The van der Waals surface area contributed by atoms with Gasteiger partial charge in [0, 0.05) is 9.79 Å². The summed E-state index contributed by atoms with van der Waals surface area (Å²) in [6.07, 6.45) is -8.49. The van der Waals surface area contributed by atoms with Gasteiger partial charge < -0.3 is 10.1 Å². The van der Waals surface area contributed by atoms with E-state index in [1.807, 2.05) is 0 Å². The van der Waals surface area contributed by atoms with Crippen molar-refractivity contribution in [3.05, 3.63) is 12.2 Å². The van der Waals surface area contributed by atoms with Crippen molar-refractivity contribution in [1.29, 1.82) is 0 Å². The predicted octanol–water partition coefficient (Wildman–Crippen LogP) is 2.30. The van der Waals surface area contributed by atoms with Gasteiger partial charge in [-0.15, -0.1) is 0 Å². The molecule has 2 aliphatic heterocycles. The first kappa shape index (κ1) is 10.3. The molecular weight excluding hydrogens is 253 g/mol. The second kappa shape index (κ2) is 4.53. The molecule has 2 rings (SSSR count). The topological polar surface area (TPSA) is 33.6 Å². The SMILES string of the molecule is [2H][C@@H]1[C@H]([2H])[C@H]2NC(=NC)S[C@H]2O[C@H]1C(=C)C(F)(F)F. The molecule has 2 saturated heterocycles. The average Bonchev–Trinajstić information content (AvgIpc) is 2.75. The maximum Gasteiger partial charge on any atom is 0.414 e. The van der Waals surface area contributed by atoms with Crippen LogP contribution in [0.5, 0.6) is 0 Å². The molecule has 5 atom stereocenters. The van der Waals surface area contributed by atoms with Crippen LogP contribution in [0.2, 0.25) is 0 Å². The van der Waals surface area contributed by atoms with Crippen molar-refractivity contribution in [2.45, 2.75) is 36.6 Å². The minimum Gasteiger partial charge on any atom is -0.359 e. The third kappa shape index (κ3) is 2.60. The van der Waals surface area contributed by atoms with E-state index in [0.29, 0.717) is 5.17 Å². The van der Waals surface area contributed by atoms with E-state index in [9.17, 15) is 13.2 Å². The van der Waals surface area contributed by atoms with Gasteiger partial charge in [0.2, 0.25) is 0 Å². The van der Waals surface area contributed by atoms with Crippen molar-refractivity contribution in [2.75, 3.05) is 7.05 Å². The second-order valence-corrected chi connectivity index (χ2v) is 4.74. The third-order valence-corrected chi connectivity index (χ3v) is 3.66. The Morgan fingerprint density at radius 1 is 1.65 bits per heavy atom. The van der Waals surface area contributed by atoms with Gasteiger partial charge in [-0.2, -0.15) is 13.2 Å². The van der Waals surface area contributed by atoms with Crippen LogP contribution in [0.3, 0.4) is 0 Å². The lowest BCUT2D eigenvalue weighted by Gasteiger charge is -2.32. The van der Waals surface area contributed by atoms with E-state index in [0.717, 1.165) is 11.8 Å². The van der Waals surface area contributed by atoms with Gasteiger partial charge in [0.1, 0.15) is 5.44 Å². The number of nitrogens with zero attached hydrogens (tertiary/aromatic N) is 1. The van der Waals surface area contributed by atoms with Crippen LogP contribution in [0.25, 0.3) is 0 Å². The zero-order valence-corrected chi connectivity index (χ0v) is 9.81. The molecule has 0 aliphatic carbocycles. The Labute approximate surface area is 104 Å². The largest absolute Gasteiger partial charge is 0.414 e. The van der Waals surface area contributed by atoms with E-state index in [4.69, 9.17) is 7.48 Å². The summed E-state index contributed by atoms with van der Waals surface area (Å²) in [6.45, 7) is 2.97. The van der Waals surface area contributed by atoms with E-state index >= 15 is 0 Å². The molecule has 0 aromatic heterocycles. The molecule has 2 fully saturated rings. The van der Waals surface area contributed by atoms with Crippen LogP contribution in [0.4, 0.5) is 13.2 Å². The summed E-state index contributed by atoms with van der Waals surface area (Å²) in [4.78, 5) is 3.89. The van der Waals surface area contributed by atoms with Crippen LogP contribution in [0, 0.1) is 0 Å². The molecule has 0 aromatic carbocycles. The van der Waals surface area contributed by atoms with Gasteiger partial charge in [-0.05, 0) is 12.8 Å². The number of hydrogen-bond acceptors (Lipinski definition) is 3. The Morgan fingerprint density at radius 2 is 2.35 bits per heavy atom. The number of rotatable bonds is 1. The van der Waals surface area contributed by atoms with E-state index < -0.39 is 42.1 Å². The van der Waals surface area contributed by atoms with Crippen LogP contribution in [-0.2, 0) is 4.74 Å². The molecule has 0 bridgehead atoms. The number of amidine groups is 1. The summed E-state index contributed by atoms with van der Waals surface area (Å²) in [5.74, 6) is 0. The fourth-order valence-corrected chi connectivity index (χ4v) is 2.58. The Hall–Kier alpha value is -0.690. The minimum atomic E-state index is -4.62. The van der Waals surface area contributed by atoms with E-state index in [-0.39, 0.29) is 0 Å². The number of fused-ring (bicyclic) bond motifs is 1. The Balaban J connectivity index is 2.20. The van der Waals surface area contributed by atoms with Gasteiger partial charge in [0.15, 0.2) is 5.17 Å². The summed E-state index contributed by atoms with van der Waals surface area (Å²) in [5.41, 5.74) is -1.75. The zero-order valence-electron chi connectivity index (χ0n) is 11.0. The molecule has 0 aromatic rings. The first-order chi connectivity index (χ1) is 8.75. The van der Waals surface area contributed by atoms with Crippen molar-refractivity contribution in [3.63, 3.8) is 0 Å². The van der Waals surface area contributed by atoms with Gasteiger partial charge in [-0.25, -0.2) is 0 Å². The van der Waals surface area contributed by atoms with Crippen molar-refractivity contribution < 1.29 is 20.6 Å². The van der Waals surface area contributed by atoms with Crippen LogP contribution >= 0.6 is 11.8 Å². The Bertz CT molecular complexity index is 418. The van der Waals surface area contributed by atoms with E-state index in [1.54, 1.807) is 0 Å². The molecule has 0 saturated carbocycles. The molecule has 2 heterocycles. The third-order valence-electron chi connectivity index (χ3n) is 2.50. The molecule has 0 radical (unpaired) electrons. The number of hydrogen-bond donors (Lipinski definition) is 1. The van der Waals surface area contributed by atoms with Gasteiger partial charge in [-0.3, -0.25) is 4.99 Å². The highest BCUT2D eigenvalue weighted by Crippen LogP contribution is 2.38. The molecule has 1 N–H and O–H groups in total. The fourth-order valence-electron chi connectivity index (χ4n) is 1.57. The maximum absolute atomic E-state index is 12.7. The molecule has 2 aliphatic rings. The number of halogens is 3. The van der Waals surface area contributed by atoms with Crippen LogP contribution in [0.1, 0.15) is 15.5 Å². The summed E-state index contributed by atoms with van der Waals surface area (Å²) in [7, 11) is 1.54. The number of aliphatic imine (C=N–C) groups is 1. The van der Waals surface area contributed by atoms with Crippen LogP contribution in [-0.4, -0.2) is 36.0 Å². The smallest absolute Gasteiger partial charge is 0.359 e. The van der Waals surface area contributed by atoms with Crippen molar-refractivity contribution >= 4 is 16.9 Å². The fraction of sp³-hybridized carbons (Fsp3) is 0.700. The van der Waals surface area contributed by atoms with Crippen molar-refractivity contribution in [2.24, 2.45) is 4.99 Å². The van der Waals surface area contributed by atoms with Crippen LogP contribution < -0.4 is 5.32 Å². The number of thioether (sulfide) groups is 1. The van der Waals surface area contributed by atoms with Gasteiger partial charge in [0.25, 0.3) is 0 Å². The lowest BCUT2D eigenvalue weighted by Crippen LogP contribution is -2.42. The highest BCUT2D eigenvalue weighted by Gasteiger charge is 2.44. The van der Waals surface area contributed by atoms with Gasteiger partial charge in [-0.1, -0.05) is 18.3 Å². The Morgan fingerprint density at radius 3 is 2.94 bits per heavy atom. The maximum atomic E-state index is 12.7. The second-order valence-electron chi connectivity index (χ2n) is 3.65. The molecule has 96 valence electrons. The molecule has 7 heteroatoms. The van der Waals surface area contributed by atoms with Gasteiger partial charge in [0.05, 0.1) is 17.7 Å². The van der Waals surface area contributed by atoms with Gasteiger partial charge >= 0.3 is 6.18 Å². The first-order valence-corrected chi connectivity index (χ1v) is 5.79. The van der Waals surface area contributed by atoms with E-state index in [2.05, 4.69) is 16.9 Å². The number of nitrogens with one attached hydrogen (secondary N) is 1. The minimum absolute atomic E-state index is 0.512. The first-order valence-electron chi connectivity index (χ1n) is 6.07. The molecule has 17 heavy (non-hydrogen) atoms.